The van der Waals surface area contributed by atoms with Gasteiger partial charge in [-0.2, -0.15) is 5.26 Å². The summed E-state index contributed by atoms with van der Waals surface area (Å²) in [6.45, 7) is 0.765. The number of nitrogens with zero attached hydrogens (tertiary/aromatic N) is 4. The molecular formula is C13H12N4. The van der Waals surface area contributed by atoms with Crippen LogP contribution >= 0.6 is 0 Å². The molecule has 0 unspecified atom stereocenters. The quantitative estimate of drug-likeness (QED) is 0.800. The summed E-state index contributed by atoms with van der Waals surface area (Å²) in [6.07, 6.45) is 0. The monoisotopic (exact) mass is 224 g/mol. The summed E-state index contributed by atoms with van der Waals surface area (Å²) in [4.78, 5) is 1.99. The molecule has 0 radical (unpaired) electrons. The summed E-state index contributed by atoms with van der Waals surface area (Å²) in [6, 6.07) is 15.6. The van der Waals surface area contributed by atoms with Crippen molar-refractivity contribution >= 4 is 5.82 Å². The number of rotatable bonds is 3. The Kier molecular flexibility index (Phi) is 3.31. The van der Waals surface area contributed by atoms with E-state index in [2.05, 4.69) is 22.3 Å². The molecule has 1 aromatic carbocycles. The third kappa shape index (κ3) is 2.79. The minimum atomic E-state index is 0.335. The summed E-state index contributed by atoms with van der Waals surface area (Å²) in [5, 5.41) is 16.4. The predicted molar refractivity (Wildman–Crippen MR) is 65.3 cm³/mol. The standard InChI is InChI=1S/C13H12N4/c1-17(10-11-5-3-2-4-6-11)13-8-7-12(9-14)15-16-13/h2-8H,10H2,1H3. The molecule has 0 saturated heterocycles. The van der Waals surface area contributed by atoms with Crippen LogP contribution in [0.15, 0.2) is 42.5 Å². The first kappa shape index (κ1) is 11.1. The molecule has 2 aromatic rings. The maximum Gasteiger partial charge on any atom is 0.163 e. The Balaban J connectivity index is 2.10. The number of aromatic nitrogens is 2. The third-order valence-corrected chi connectivity index (χ3v) is 2.42. The summed E-state index contributed by atoms with van der Waals surface area (Å²) in [7, 11) is 1.95. The van der Waals surface area contributed by atoms with E-state index in [4.69, 9.17) is 5.26 Å². The first-order valence-corrected chi connectivity index (χ1v) is 5.28. The van der Waals surface area contributed by atoms with Gasteiger partial charge in [0.15, 0.2) is 11.5 Å². The molecule has 0 fully saturated rings. The van der Waals surface area contributed by atoms with Crippen molar-refractivity contribution in [1.29, 1.82) is 5.26 Å². The second-order valence-electron chi connectivity index (χ2n) is 3.73. The summed E-state index contributed by atoms with van der Waals surface area (Å²) in [5.41, 5.74) is 1.54. The predicted octanol–water partition coefficient (Wildman–Crippen LogP) is 1.98. The number of hydrogen-bond donors (Lipinski definition) is 0. The van der Waals surface area contributed by atoms with Crippen molar-refractivity contribution < 1.29 is 0 Å². The molecule has 0 N–H and O–H groups in total. The number of nitriles is 1. The average Bonchev–Trinajstić information content (AvgIpc) is 2.40. The second-order valence-corrected chi connectivity index (χ2v) is 3.73. The van der Waals surface area contributed by atoms with Crippen LogP contribution in [0.2, 0.25) is 0 Å². The maximum atomic E-state index is 8.64. The molecular weight excluding hydrogens is 212 g/mol. The lowest BCUT2D eigenvalue weighted by molar-refractivity contribution is 0.862. The lowest BCUT2D eigenvalue weighted by atomic mass is 10.2. The van der Waals surface area contributed by atoms with Crippen molar-refractivity contribution in [3.63, 3.8) is 0 Å². The van der Waals surface area contributed by atoms with Crippen LogP contribution in [0, 0.1) is 11.3 Å². The van der Waals surface area contributed by atoms with E-state index in [0.29, 0.717) is 5.69 Å². The molecule has 0 aliphatic carbocycles. The summed E-state index contributed by atoms with van der Waals surface area (Å²) < 4.78 is 0. The highest BCUT2D eigenvalue weighted by Gasteiger charge is 2.04. The third-order valence-electron chi connectivity index (χ3n) is 2.42. The Labute approximate surface area is 100 Å². The first-order valence-electron chi connectivity index (χ1n) is 5.28. The lowest BCUT2D eigenvalue weighted by Gasteiger charge is -2.17. The molecule has 0 bridgehead atoms. The Bertz CT molecular complexity index is 513. The second kappa shape index (κ2) is 5.08. The highest BCUT2D eigenvalue weighted by atomic mass is 15.2. The van der Waals surface area contributed by atoms with Gasteiger partial charge >= 0.3 is 0 Å². The topological polar surface area (TPSA) is 52.8 Å². The van der Waals surface area contributed by atoms with Crippen molar-refractivity contribution in [3.05, 3.63) is 53.7 Å². The van der Waals surface area contributed by atoms with Crippen molar-refractivity contribution in [2.24, 2.45) is 0 Å². The molecule has 84 valence electrons. The van der Waals surface area contributed by atoms with Crippen LogP contribution in [-0.4, -0.2) is 17.2 Å². The minimum Gasteiger partial charge on any atom is -0.354 e. The van der Waals surface area contributed by atoms with Gasteiger partial charge in [-0.1, -0.05) is 30.3 Å². The van der Waals surface area contributed by atoms with E-state index < -0.39 is 0 Å². The summed E-state index contributed by atoms with van der Waals surface area (Å²) in [5.74, 6) is 0.757. The van der Waals surface area contributed by atoms with Crippen molar-refractivity contribution in [1.82, 2.24) is 10.2 Å². The molecule has 4 heteroatoms. The molecule has 0 spiro atoms. The van der Waals surface area contributed by atoms with Gasteiger partial charge in [0.1, 0.15) is 6.07 Å². The highest BCUT2D eigenvalue weighted by Crippen LogP contribution is 2.11. The molecule has 0 amide bonds. The Morgan fingerprint density at radius 3 is 2.47 bits per heavy atom. The number of hydrogen-bond acceptors (Lipinski definition) is 4. The van der Waals surface area contributed by atoms with Crippen LogP contribution in [-0.2, 0) is 6.54 Å². The van der Waals surface area contributed by atoms with E-state index in [1.807, 2.05) is 36.2 Å². The largest absolute Gasteiger partial charge is 0.354 e. The average molecular weight is 224 g/mol. The summed E-state index contributed by atoms with van der Waals surface area (Å²) >= 11 is 0. The molecule has 0 atom stereocenters. The zero-order valence-electron chi connectivity index (χ0n) is 9.54. The van der Waals surface area contributed by atoms with Gasteiger partial charge in [-0.15, -0.1) is 10.2 Å². The van der Waals surface area contributed by atoms with E-state index in [-0.39, 0.29) is 0 Å². The Hall–Kier alpha value is -2.41. The molecule has 0 aliphatic rings. The van der Waals surface area contributed by atoms with Crippen LogP contribution in [0.3, 0.4) is 0 Å². The van der Waals surface area contributed by atoms with Gasteiger partial charge in [-0.05, 0) is 17.7 Å². The van der Waals surface area contributed by atoms with Gasteiger partial charge in [0.25, 0.3) is 0 Å². The number of benzene rings is 1. The molecule has 0 aliphatic heterocycles. The van der Waals surface area contributed by atoms with Crippen molar-refractivity contribution in [2.45, 2.75) is 6.54 Å². The van der Waals surface area contributed by atoms with Gasteiger partial charge in [0, 0.05) is 13.6 Å². The zero-order valence-corrected chi connectivity index (χ0v) is 9.54. The van der Waals surface area contributed by atoms with Crippen molar-refractivity contribution in [3.8, 4) is 6.07 Å². The van der Waals surface area contributed by atoms with Crippen molar-refractivity contribution in [2.75, 3.05) is 11.9 Å². The fraction of sp³-hybridized carbons (Fsp3) is 0.154. The van der Waals surface area contributed by atoms with E-state index in [1.165, 1.54) is 5.56 Å². The smallest absolute Gasteiger partial charge is 0.163 e. The Morgan fingerprint density at radius 2 is 1.88 bits per heavy atom. The number of anilines is 1. The first-order chi connectivity index (χ1) is 8.29. The maximum absolute atomic E-state index is 8.64. The van der Waals surface area contributed by atoms with Gasteiger partial charge < -0.3 is 4.90 Å². The van der Waals surface area contributed by atoms with Crippen LogP contribution in [0.1, 0.15) is 11.3 Å². The molecule has 17 heavy (non-hydrogen) atoms. The van der Waals surface area contributed by atoms with E-state index in [1.54, 1.807) is 12.1 Å². The van der Waals surface area contributed by atoms with E-state index >= 15 is 0 Å². The fourth-order valence-electron chi connectivity index (χ4n) is 1.53. The normalized spacial score (nSPS) is 9.65. The van der Waals surface area contributed by atoms with Gasteiger partial charge in [0.05, 0.1) is 0 Å². The van der Waals surface area contributed by atoms with E-state index in [9.17, 15) is 0 Å². The lowest BCUT2D eigenvalue weighted by Crippen LogP contribution is -2.18. The fourth-order valence-corrected chi connectivity index (χ4v) is 1.53. The van der Waals surface area contributed by atoms with E-state index in [0.717, 1.165) is 12.4 Å². The minimum absolute atomic E-state index is 0.335. The molecule has 1 aromatic heterocycles. The molecule has 2 rings (SSSR count). The molecule has 0 saturated carbocycles. The zero-order chi connectivity index (χ0) is 12.1. The Morgan fingerprint density at radius 1 is 1.12 bits per heavy atom. The van der Waals surface area contributed by atoms with Crippen LogP contribution in [0.4, 0.5) is 5.82 Å². The van der Waals surface area contributed by atoms with Crippen LogP contribution < -0.4 is 4.90 Å². The van der Waals surface area contributed by atoms with Gasteiger partial charge in [0.2, 0.25) is 0 Å². The SMILES string of the molecule is CN(Cc1ccccc1)c1ccc(C#N)nn1. The highest BCUT2D eigenvalue weighted by molar-refractivity contribution is 5.39. The molecule has 1 heterocycles. The van der Waals surface area contributed by atoms with Crippen LogP contribution in [0.25, 0.3) is 0 Å². The van der Waals surface area contributed by atoms with Crippen LogP contribution in [0.5, 0.6) is 0 Å². The van der Waals surface area contributed by atoms with Gasteiger partial charge in [-0.25, -0.2) is 0 Å². The van der Waals surface area contributed by atoms with Gasteiger partial charge in [-0.3, -0.25) is 0 Å². The molecule has 4 nitrogen and oxygen atoms in total.